The fourth-order valence-corrected chi connectivity index (χ4v) is 4.66. The molecule has 3 rings (SSSR count). The first-order valence-electron chi connectivity index (χ1n) is 11.2. The Morgan fingerprint density at radius 1 is 1.23 bits per heavy atom. The number of carbonyl (C=O) groups is 2. The number of hydrogen-bond donors (Lipinski definition) is 2. The molecule has 7 nitrogen and oxygen atoms in total. The van der Waals surface area contributed by atoms with Gasteiger partial charge in [0, 0.05) is 0 Å². The largest absolute Gasteiger partial charge is 0.497 e. The lowest BCUT2D eigenvalue weighted by molar-refractivity contribution is -0.134. The van der Waals surface area contributed by atoms with Crippen LogP contribution in [0.5, 0.6) is 5.75 Å². The van der Waals surface area contributed by atoms with Gasteiger partial charge in [0.2, 0.25) is 0 Å². The van der Waals surface area contributed by atoms with Crippen LogP contribution >= 0.6 is 0 Å². The maximum atomic E-state index is 13.1. The number of rotatable bonds is 9. The van der Waals surface area contributed by atoms with Gasteiger partial charge in [-0.05, 0) is 54.7 Å². The lowest BCUT2D eigenvalue weighted by Gasteiger charge is -2.42. The Kier molecular flexibility index (Phi) is 7.27. The van der Waals surface area contributed by atoms with Gasteiger partial charge in [-0.15, -0.1) is 0 Å². The average Bonchev–Trinajstić information content (AvgIpc) is 2.98. The minimum Gasteiger partial charge on any atom is -0.497 e. The monoisotopic (exact) mass is 432 g/mol. The normalized spacial score (nSPS) is 25.1. The molecule has 1 aliphatic carbocycles. The minimum absolute atomic E-state index is 0.0445. The van der Waals surface area contributed by atoms with E-state index in [1.54, 1.807) is 7.11 Å². The molecular weight excluding hydrogens is 396 g/mol. The van der Waals surface area contributed by atoms with Crippen LogP contribution in [0.15, 0.2) is 24.3 Å². The van der Waals surface area contributed by atoms with Crippen molar-refractivity contribution >= 4 is 11.9 Å². The van der Waals surface area contributed by atoms with Crippen LogP contribution in [0.1, 0.15) is 58.4 Å². The van der Waals surface area contributed by atoms with Crippen molar-refractivity contribution in [2.75, 3.05) is 20.3 Å². The summed E-state index contributed by atoms with van der Waals surface area (Å²) in [6.07, 6.45) is 3.33. The van der Waals surface area contributed by atoms with E-state index in [4.69, 9.17) is 9.47 Å². The zero-order chi connectivity index (χ0) is 22.6. The van der Waals surface area contributed by atoms with E-state index in [0.717, 1.165) is 35.5 Å². The molecule has 1 aromatic carbocycles. The van der Waals surface area contributed by atoms with E-state index in [0.29, 0.717) is 25.4 Å². The highest BCUT2D eigenvalue weighted by Crippen LogP contribution is 2.45. The van der Waals surface area contributed by atoms with Crippen molar-refractivity contribution in [1.82, 2.24) is 10.2 Å². The Bertz CT molecular complexity index is 769. The fraction of sp³-hybridized carbons (Fsp3) is 0.667. The fourth-order valence-electron chi connectivity index (χ4n) is 4.66. The third-order valence-corrected chi connectivity index (χ3v) is 7.23. The Morgan fingerprint density at radius 3 is 2.45 bits per heavy atom. The molecule has 7 heteroatoms. The molecule has 2 fully saturated rings. The van der Waals surface area contributed by atoms with Crippen LogP contribution in [0.25, 0.3) is 0 Å². The molecule has 0 radical (unpaired) electrons. The number of aliphatic hydroxyl groups is 1. The van der Waals surface area contributed by atoms with Gasteiger partial charge in [0.15, 0.2) is 0 Å². The van der Waals surface area contributed by atoms with Crippen molar-refractivity contribution in [1.29, 1.82) is 0 Å². The van der Waals surface area contributed by atoms with Crippen molar-refractivity contribution in [3.63, 3.8) is 0 Å². The van der Waals surface area contributed by atoms with Crippen LogP contribution in [-0.2, 0) is 16.1 Å². The number of methoxy groups -OCH3 is 1. The van der Waals surface area contributed by atoms with Gasteiger partial charge in [0.25, 0.3) is 5.91 Å². The topological polar surface area (TPSA) is 88.1 Å². The quantitative estimate of drug-likeness (QED) is 0.583. The van der Waals surface area contributed by atoms with E-state index in [-0.39, 0.29) is 24.5 Å². The average molecular weight is 433 g/mol. The van der Waals surface area contributed by atoms with Crippen molar-refractivity contribution in [3.05, 3.63) is 29.8 Å². The standard InChI is InChI=1S/C24H36N2O5/c1-5-23(2,3)18-10-12-24(13-11-18)21(28)26(22(29)25-24)14-19(27)16-31-15-17-6-8-20(30-4)9-7-17/h6-9,18-19,27H,5,10-16H2,1-4H3,(H,25,29). The molecule has 0 aromatic heterocycles. The lowest BCUT2D eigenvalue weighted by Crippen LogP contribution is -2.51. The summed E-state index contributed by atoms with van der Waals surface area (Å²) in [6.45, 7) is 7.08. The molecule has 2 N–H and O–H groups in total. The third kappa shape index (κ3) is 5.21. The number of nitrogens with one attached hydrogen (secondary N) is 1. The Hall–Kier alpha value is -2.12. The second kappa shape index (κ2) is 9.57. The van der Waals surface area contributed by atoms with Crippen LogP contribution in [0.2, 0.25) is 0 Å². The molecule has 1 saturated heterocycles. The first-order valence-corrected chi connectivity index (χ1v) is 11.2. The highest BCUT2D eigenvalue weighted by molar-refractivity contribution is 6.07. The zero-order valence-corrected chi connectivity index (χ0v) is 19.1. The van der Waals surface area contributed by atoms with Crippen LogP contribution in [0, 0.1) is 11.3 Å². The molecule has 1 spiro atoms. The SMILES string of the molecule is CCC(C)(C)C1CCC2(CC1)NC(=O)N(CC(O)COCc1ccc(OC)cc1)C2=O. The minimum atomic E-state index is -0.932. The molecule has 1 atom stereocenters. The maximum Gasteiger partial charge on any atom is 0.325 e. The Morgan fingerprint density at radius 2 is 1.87 bits per heavy atom. The number of hydrogen-bond acceptors (Lipinski definition) is 5. The summed E-state index contributed by atoms with van der Waals surface area (Å²) in [4.78, 5) is 26.8. The second-order valence-corrected chi connectivity index (χ2v) is 9.56. The molecule has 1 unspecified atom stereocenters. The molecule has 31 heavy (non-hydrogen) atoms. The van der Waals surface area contributed by atoms with Gasteiger partial charge in [0.05, 0.1) is 33.0 Å². The molecule has 1 aliphatic heterocycles. The van der Waals surface area contributed by atoms with E-state index in [1.807, 2.05) is 24.3 Å². The molecule has 172 valence electrons. The predicted molar refractivity (Wildman–Crippen MR) is 118 cm³/mol. The van der Waals surface area contributed by atoms with Crippen LogP contribution in [-0.4, -0.2) is 53.8 Å². The highest BCUT2D eigenvalue weighted by atomic mass is 16.5. The lowest BCUT2D eigenvalue weighted by atomic mass is 9.65. The first-order chi connectivity index (χ1) is 14.7. The molecular formula is C24H36N2O5. The molecule has 1 aromatic rings. The van der Waals surface area contributed by atoms with Gasteiger partial charge >= 0.3 is 6.03 Å². The van der Waals surface area contributed by atoms with Crippen molar-refractivity contribution in [2.45, 2.75) is 71.1 Å². The van der Waals surface area contributed by atoms with E-state index >= 15 is 0 Å². The van der Waals surface area contributed by atoms with Crippen molar-refractivity contribution < 1.29 is 24.2 Å². The van der Waals surface area contributed by atoms with Gasteiger partial charge < -0.3 is 19.9 Å². The van der Waals surface area contributed by atoms with Crippen molar-refractivity contribution in [2.24, 2.45) is 11.3 Å². The number of nitrogens with zero attached hydrogens (tertiary/aromatic N) is 1. The van der Waals surface area contributed by atoms with Gasteiger partial charge in [-0.25, -0.2) is 4.79 Å². The number of ether oxygens (including phenoxy) is 2. The number of carbonyl (C=O) groups excluding carboxylic acids is 2. The number of benzene rings is 1. The van der Waals surface area contributed by atoms with Crippen LogP contribution < -0.4 is 10.1 Å². The van der Waals surface area contributed by atoms with E-state index in [1.165, 1.54) is 0 Å². The third-order valence-electron chi connectivity index (χ3n) is 7.23. The number of aliphatic hydroxyl groups excluding tert-OH is 1. The van der Waals surface area contributed by atoms with E-state index in [9.17, 15) is 14.7 Å². The summed E-state index contributed by atoms with van der Waals surface area (Å²) < 4.78 is 10.7. The highest BCUT2D eigenvalue weighted by Gasteiger charge is 2.53. The van der Waals surface area contributed by atoms with Gasteiger partial charge in [0.1, 0.15) is 11.3 Å². The molecule has 3 amide bonds. The predicted octanol–water partition coefficient (Wildman–Crippen LogP) is 3.49. The number of urea groups is 1. The Balaban J connectivity index is 1.49. The number of β-amino-alcohol motifs (C(OH)–C–C–N with tert-alkyl or cyclic N) is 1. The van der Waals surface area contributed by atoms with Crippen LogP contribution in [0.3, 0.4) is 0 Å². The maximum absolute atomic E-state index is 13.1. The first kappa shape index (κ1) is 23.5. The van der Waals surface area contributed by atoms with E-state index < -0.39 is 17.7 Å². The van der Waals surface area contributed by atoms with Crippen LogP contribution in [0.4, 0.5) is 4.79 Å². The Labute approximate surface area is 185 Å². The summed E-state index contributed by atoms with van der Waals surface area (Å²) in [5.74, 6) is 1.11. The molecule has 1 heterocycles. The summed E-state index contributed by atoms with van der Waals surface area (Å²) in [5.41, 5.74) is 0.388. The van der Waals surface area contributed by atoms with Gasteiger partial charge in [-0.1, -0.05) is 39.3 Å². The second-order valence-electron chi connectivity index (χ2n) is 9.56. The number of imide groups is 1. The summed E-state index contributed by atoms with van der Waals surface area (Å²) >= 11 is 0. The summed E-state index contributed by atoms with van der Waals surface area (Å²) in [6, 6.07) is 7.06. The smallest absolute Gasteiger partial charge is 0.325 e. The zero-order valence-electron chi connectivity index (χ0n) is 19.1. The van der Waals surface area contributed by atoms with Crippen molar-refractivity contribution in [3.8, 4) is 5.75 Å². The van der Waals surface area contributed by atoms with E-state index in [2.05, 4.69) is 26.1 Å². The van der Waals surface area contributed by atoms with Gasteiger partial charge in [-0.3, -0.25) is 9.69 Å². The summed E-state index contributed by atoms with van der Waals surface area (Å²) in [5, 5.41) is 13.3. The molecule has 0 bridgehead atoms. The molecule has 1 saturated carbocycles. The summed E-state index contributed by atoms with van der Waals surface area (Å²) in [7, 11) is 1.61. The number of amides is 3. The molecule has 2 aliphatic rings. The van der Waals surface area contributed by atoms with Gasteiger partial charge in [-0.2, -0.15) is 0 Å².